The Balaban J connectivity index is 2.44. The lowest BCUT2D eigenvalue weighted by Gasteiger charge is -2.07. The van der Waals surface area contributed by atoms with Crippen LogP contribution in [0.1, 0.15) is 21.5 Å². The first kappa shape index (κ1) is 12.2. The number of benzene rings is 1. The Morgan fingerprint density at radius 2 is 2.11 bits per heavy atom. The summed E-state index contributed by atoms with van der Waals surface area (Å²) in [6.07, 6.45) is 3.00. The minimum atomic E-state index is -0.326. The summed E-state index contributed by atoms with van der Waals surface area (Å²) in [5.41, 5.74) is 1.28. The molecule has 0 bridgehead atoms. The van der Waals surface area contributed by atoms with Crippen LogP contribution in [0.2, 0.25) is 0 Å². The first-order valence-electron chi connectivity index (χ1n) is 5.42. The molecule has 0 aliphatic rings. The summed E-state index contributed by atoms with van der Waals surface area (Å²) in [4.78, 5) is 16.1. The van der Waals surface area contributed by atoms with E-state index in [9.17, 15) is 9.18 Å². The Morgan fingerprint density at radius 3 is 2.78 bits per heavy atom. The summed E-state index contributed by atoms with van der Waals surface area (Å²) >= 11 is 0. The number of nitrogens with zero attached hydrogens (tertiary/aromatic N) is 1. The van der Waals surface area contributed by atoms with Gasteiger partial charge in [0.15, 0.2) is 5.78 Å². The van der Waals surface area contributed by atoms with E-state index >= 15 is 0 Å². The van der Waals surface area contributed by atoms with Gasteiger partial charge in [0.25, 0.3) is 0 Å². The molecular weight excluding hydrogens is 233 g/mol. The first-order valence-corrected chi connectivity index (χ1v) is 5.42. The lowest BCUT2D eigenvalue weighted by atomic mass is 10.0. The highest BCUT2D eigenvalue weighted by Gasteiger charge is 2.15. The molecule has 2 aromatic rings. The topological polar surface area (TPSA) is 39.2 Å². The van der Waals surface area contributed by atoms with Crippen LogP contribution in [0, 0.1) is 12.7 Å². The molecule has 0 fully saturated rings. The number of pyridine rings is 1. The van der Waals surface area contributed by atoms with Crippen molar-refractivity contribution in [3.63, 3.8) is 0 Å². The third kappa shape index (κ3) is 2.22. The van der Waals surface area contributed by atoms with Crippen LogP contribution in [0.15, 0.2) is 36.7 Å². The van der Waals surface area contributed by atoms with Crippen LogP contribution in [0.5, 0.6) is 5.75 Å². The predicted octanol–water partition coefficient (Wildman–Crippen LogP) is 2.77. The Kier molecular flexibility index (Phi) is 3.37. The van der Waals surface area contributed by atoms with Gasteiger partial charge in [-0.1, -0.05) is 0 Å². The molecule has 1 heterocycles. The molecule has 0 spiro atoms. The zero-order valence-electron chi connectivity index (χ0n) is 10.1. The van der Waals surface area contributed by atoms with Crippen molar-refractivity contribution in [2.45, 2.75) is 6.92 Å². The van der Waals surface area contributed by atoms with Gasteiger partial charge in [0.2, 0.25) is 0 Å². The summed E-state index contributed by atoms with van der Waals surface area (Å²) in [6, 6.07) is 5.86. The van der Waals surface area contributed by atoms with Gasteiger partial charge in [0.1, 0.15) is 11.6 Å². The number of carbonyl (C=O) groups excluding carboxylic acids is 1. The molecule has 1 aromatic carbocycles. The van der Waals surface area contributed by atoms with Crippen molar-refractivity contribution in [2.75, 3.05) is 7.11 Å². The van der Waals surface area contributed by atoms with Crippen LogP contribution in [0.25, 0.3) is 0 Å². The van der Waals surface area contributed by atoms with E-state index in [2.05, 4.69) is 4.98 Å². The van der Waals surface area contributed by atoms with Crippen LogP contribution in [-0.2, 0) is 0 Å². The van der Waals surface area contributed by atoms with Crippen molar-refractivity contribution < 1.29 is 13.9 Å². The van der Waals surface area contributed by atoms with Gasteiger partial charge in [-0.3, -0.25) is 9.78 Å². The zero-order chi connectivity index (χ0) is 13.1. The molecule has 0 radical (unpaired) electrons. The summed E-state index contributed by atoms with van der Waals surface area (Å²) in [7, 11) is 1.48. The molecule has 0 unspecified atom stereocenters. The Morgan fingerprint density at radius 1 is 1.33 bits per heavy atom. The molecule has 0 saturated carbocycles. The number of halogens is 1. The van der Waals surface area contributed by atoms with Crippen molar-refractivity contribution in [3.8, 4) is 5.75 Å². The minimum Gasteiger partial charge on any atom is -0.494 e. The molecule has 0 aliphatic heterocycles. The van der Waals surface area contributed by atoms with Crippen molar-refractivity contribution in [2.24, 2.45) is 0 Å². The number of ketones is 1. The standard InChI is InChI=1S/C14H12FNO2/c1-9-7-10(3-4-12(9)15)14(17)11-5-6-16-8-13(11)18-2/h3-8H,1-2H3. The van der Waals surface area contributed by atoms with Crippen LogP contribution in [-0.4, -0.2) is 17.9 Å². The summed E-state index contributed by atoms with van der Waals surface area (Å²) < 4.78 is 18.2. The third-order valence-electron chi connectivity index (χ3n) is 2.67. The van der Waals surface area contributed by atoms with Crippen molar-refractivity contribution in [3.05, 3.63) is 59.2 Å². The van der Waals surface area contributed by atoms with E-state index in [1.54, 1.807) is 13.0 Å². The fourth-order valence-corrected chi connectivity index (χ4v) is 1.67. The van der Waals surface area contributed by atoms with E-state index in [4.69, 9.17) is 4.74 Å². The lowest BCUT2D eigenvalue weighted by Crippen LogP contribution is -2.05. The van der Waals surface area contributed by atoms with Crippen molar-refractivity contribution in [1.29, 1.82) is 0 Å². The smallest absolute Gasteiger partial charge is 0.196 e. The van der Waals surface area contributed by atoms with E-state index in [1.165, 1.54) is 37.7 Å². The average Bonchev–Trinajstić information content (AvgIpc) is 2.41. The van der Waals surface area contributed by atoms with Gasteiger partial charge in [-0.05, 0) is 36.8 Å². The number of hydrogen-bond donors (Lipinski definition) is 0. The molecule has 0 N–H and O–H groups in total. The number of rotatable bonds is 3. The zero-order valence-corrected chi connectivity index (χ0v) is 10.1. The molecule has 92 valence electrons. The highest BCUT2D eigenvalue weighted by Crippen LogP contribution is 2.21. The van der Waals surface area contributed by atoms with E-state index in [1.807, 2.05) is 0 Å². The monoisotopic (exact) mass is 245 g/mol. The summed E-state index contributed by atoms with van der Waals surface area (Å²) in [5.74, 6) is -0.130. The van der Waals surface area contributed by atoms with E-state index in [0.717, 1.165) is 0 Å². The maximum atomic E-state index is 13.2. The number of carbonyl (C=O) groups is 1. The average molecular weight is 245 g/mol. The normalized spacial score (nSPS) is 10.2. The Bertz CT molecular complexity index is 596. The van der Waals surface area contributed by atoms with Crippen molar-refractivity contribution >= 4 is 5.78 Å². The molecule has 0 amide bonds. The predicted molar refractivity (Wildman–Crippen MR) is 65.4 cm³/mol. The lowest BCUT2D eigenvalue weighted by molar-refractivity contribution is 0.103. The van der Waals surface area contributed by atoms with Gasteiger partial charge in [0, 0.05) is 11.8 Å². The summed E-state index contributed by atoms with van der Waals surface area (Å²) in [6.45, 7) is 1.62. The highest BCUT2D eigenvalue weighted by atomic mass is 19.1. The maximum Gasteiger partial charge on any atom is 0.196 e. The second kappa shape index (κ2) is 4.96. The second-order valence-electron chi connectivity index (χ2n) is 3.87. The Labute approximate surface area is 104 Å². The molecule has 1 aromatic heterocycles. The molecule has 4 heteroatoms. The van der Waals surface area contributed by atoms with Gasteiger partial charge in [-0.2, -0.15) is 0 Å². The number of hydrogen-bond acceptors (Lipinski definition) is 3. The van der Waals surface area contributed by atoms with Crippen LogP contribution >= 0.6 is 0 Å². The van der Waals surface area contributed by atoms with E-state index in [0.29, 0.717) is 22.4 Å². The van der Waals surface area contributed by atoms with Gasteiger partial charge in [-0.25, -0.2) is 4.39 Å². The maximum absolute atomic E-state index is 13.2. The second-order valence-corrected chi connectivity index (χ2v) is 3.87. The van der Waals surface area contributed by atoms with E-state index < -0.39 is 0 Å². The molecule has 0 atom stereocenters. The molecule has 0 aliphatic carbocycles. The van der Waals surface area contributed by atoms with Gasteiger partial charge >= 0.3 is 0 Å². The number of ether oxygens (including phenoxy) is 1. The van der Waals surface area contributed by atoms with Gasteiger partial charge in [0.05, 0.1) is 18.9 Å². The molecule has 3 nitrogen and oxygen atoms in total. The fourth-order valence-electron chi connectivity index (χ4n) is 1.67. The van der Waals surface area contributed by atoms with Crippen LogP contribution in [0.4, 0.5) is 4.39 Å². The number of methoxy groups -OCH3 is 1. The minimum absolute atomic E-state index is 0.211. The SMILES string of the molecule is COc1cnccc1C(=O)c1ccc(F)c(C)c1. The fraction of sp³-hybridized carbons (Fsp3) is 0.143. The first-order chi connectivity index (χ1) is 8.63. The van der Waals surface area contributed by atoms with E-state index in [-0.39, 0.29) is 11.6 Å². The van der Waals surface area contributed by atoms with Gasteiger partial charge < -0.3 is 4.74 Å². The molecule has 0 saturated heterocycles. The molecule has 2 rings (SSSR count). The third-order valence-corrected chi connectivity index (χ3v) is 2.67. The number of aromatic nitrogens is 1. The number of aryl methyl sites for hydroxylation is 1. The largest absolute Gasteiger partial charge is 0.494 e. The Hall–Kier alpha value is -2.23. The molecular formula is C14H12FNO2. The summed E-state index contributed by atoms with van der Waals surface area (Å²) in [5, 5.41) is 0. The quantitative estimate of drug-likeness (QED) is 0.780. The highest BCUT2D eigenvalue weighted by molar-refractivity contribution is 6.10. The van der Waals surface area contributed by atoms with Crippen molar-refractivity contribution in [1.82, 2.24) is 4.98 Å². The van der Waals surface area contributed by atoms with Gasteiger partial charge in [-0.15, -0.1) is 0 Å². The van der Waals surface area contributed by atoms with Crippen LogP contribution < -0.4 is 4.74 Å². The van der Waals surface area contributed by atoms with Crippen LogP contribution in [0.3, 0.4) is 0 Å². The molecule has 18 heavy (non-hydrogen) atoms.